The zero-order valence-electron chi connectivity index (χ0n) is 11.4. The van der Waals surface area contributed by atoms with E-state index in [0.29, 0.717) is 11.8 Å². The number of hydrogen-bond acceptors (Lipinski definition) is 3. The average molecular weight is 252 g/mol. The molecule has 0 spiro atoms. The zero-order valence-corrected chi connectivity index (χ0v) is 11.4. The van der Waals surface area contributed by atoms with E-state index in [9.17, 15) is 9.90 Å². The van der Waals surface area contributed by atoms with Gasteiger partial charge in [-0.1, -0.05) is 26.2 Å². The van der Waals surface area contributed by atoms with Crippen LogP contribution in [0.3, 0.4) is 0 Å². The summed E-state index contributed by atoms with van der Waals surface area (Å²) in [5.74, 6) is 0.671. The second kappa shape index (κ2) is 3.96. The number of ether oxygens (including phenoxy) is 1. The maximum atomic E-state index is 12.4. The van der Waals surface area contributed by atoms with Crippen molar-refractivity contribution in [3.05, 3.63) is 0 Å². The van der Waals surface area contributed by atoms with Crippen molar-refractivity contribution < 1.29 is 14.6 Å². The minimum Gasteiger partial charge on any atom is -0.469 e. The molecule has 0 amide bonds. The number of rotatable bonds is 1. The predicted octanol–water partition coefficient (Wildman–Crippen LogP) is 2.52. The molecule has 1 N–H and O–H groups in total. The van der Waals surface area contributed by atoms with Crippen LogP contribution in [0.2, 0.25) is 0 Å². The maximum absolute atomic E-state index is 12.4. The average Bonchev–Trinajstić information content (AvgIpc) is 2.36. The summed E-state index contributed by atoms with van der Waals surface area (Å²) in [5, 5.41) is 10.3. The Morgan fingerprint density at radius 2 is 2.00 bits per heavy atom. The molecule has 3 saturated carbocycles. The van der Waals surface area contributed by atoms with Crippen LogP contribution in [0, 0.1) is 22.7 Å². The largest absolute Gasteiger partial charge is 0.469 e. The van der Waals surface area contributed by atoms with Crippen molar-refractivity contribution in [2.75, 3.05) is 7.11 Å². The first-order valence-corrected chi connectivity index (χ1v) is 7.34. The Morgan fingerprint density at radius 3 is 2.72 bits per heavy atom. The summed E-state index contributed by atoms with van der Waals surface area (Å²) in [5.41, 5.74) is -0.311. The van der Waals surface area contributed by atoms with Gasteiger partial charge in [0.2, 0.25) is 0 Å². The number of carbonyl (C=O) groups is 1. The summed E-state index contributed by atoms with van der Waals surface area (Å²) in [7, 11) is 1.51. The fraction of sp³-hybridized carbons (Fsp3) is 0.933. The molecule has 3 aliphatic rings. The number of hydrogen-bond donors (Lipinski definition) is 1. The number of aliphatic hydroxyl groups excluding tert-OH is 1. The minimum absolute atomic E-state index is 0.0138. The standard InChI is InChI=1S/C15H24O3/c1-14-8-5-7-11(16)12(14)10-6-3-4-9-15(10,14)13(17)18-2/h10-12,16H,3-9H2,1-2H3/t10-,11+,12+,14-,15-/m0/s1. The van der Waals surface area contributed by atoms with E-state index in [-0.39, 0.29) is 22.9 Å². The minimum atomic E-state index is -0.286. The Kier molecular flexibility index (Phi) is 2.74. The molecule has 3 fully saturated rings. The molecule has 0 radical (unpaired) electrons. The third-order valence-electron chi connectivity index (χ3n) is 6.32. The van der Waals surface area contributed by atoms with E-state index in [1.165, 1.54) is 13.5 Å². The summed E-state index contributed by atoms with van der Waals surface area (Å²) >= 11 is 0. The predicted molar refractivity (Wildman–Crippen MR) is 67.9 cm³/mol. The van der Waals surface area contributed by atoms with Crippen LogP contribution in [0.15, 0.2) is 0 Å². The van der Waals surface area contributed by atoms with Gasteiger partial charge in [-0.2, -0.15) is 0 Å². The molecule has 0 saturated heterocycles. The Hall–Kier alpha value is -0.570. The number of methoxy groups -OCH3 is 1. The van der Waals surface area contributed by atoms with Gasteiger partial charge in [0.1, 0.15) is 0 Å². The molecule has 0 bridgehead atoms. The van der Waals surface area contributed by atoms with Crippen LogP contribution in [0.1, 0.15) is 51.9 Å². The summed E-state index contributed by atoms with van der Waals surface area (Å²) < 4.78 is 5.14. The van der Waals surface area contributed by atoms with E-state index < -0.39 is 0 Å². The van der Waals surface area contributed by atoms with Crippen LogP contribution < -0.4 is 0 Å². The molecule has 3 nitrogen and oxygen atoms in total. The van der Waals surface area contributed by atoms with E-state index in [1.54, 1.807) is 0 Å². The van der Waals surface area contributed by atoms with Gasteiger partial charge in [0, 0.05) is 0 Å². The van der Waals surface area contributed by atoms with Crippen LogP contribution >= 0.6 is 0 Å². The van der Waals surface area contributed by atoms with Crippen LogP contribution in [0.5, 0.6) is 0 Å². The van der Waals surface area contributed by atoms with E-state index in [0.717, 1.165) is 38.5 Å². The molecule has 0 aliphatic heterocycles. The molecular weight excluding hydrogens is 228 g/mol. The molecule has 0 unspecified atom stereocenters. The second-order valence-corrected chi connectivity index (χ2v) is 6.72. The van der Waals surface area contributed by atoms with Crippen molar-refractivity contribution in [1.29, 1.82) is 0 Å². The van der Waals surface area contributed by atoms with E-state index >= 15 is 0 Å². The van der Waals surface area contributed by atoms with Crippen LogP contribution in [-0.2, 0) is 9.53 Å². The third kappa shape index (κ3) is 1.21. The fourth-order valence-electron chi connectivity index (χ4n) is 5.65. The van der Waals surface area contributed by atoms with Gasteiger partial charge >= 0.3 is 5.97 Å². The summed E-state index contributed by atoms with van der Waals surface area (Å²) in [6, 6.07) is 0. The topological polar surface area (TPSA) is 46.5 Å². The molecule has 0 aromatic carbocycles. The molecule has 3 aliphatic carbocycles. The lowest BCUT2D eigenvalue weighted by Gasteiger charge is -2.71. The van der Waals surface area contributed by atoms with Crippen molar-refractivity contribution >= 4 is 5.97 Å². The van der Waals surface area contributed by atoms with Gasteiger partial charge in [-0.3, -0.25) is 4.79 Å². The lowest BCUT2D eigenvalue weighted by Crippen LogP contribution is -2.72. The van der Waals surface area contributed by atoms with Gasteiger partial charge in [-0.25, -0.2) is 0 Å². The van der Waals surface area contributed by atoms with Gasteiger partial charge in [0.15, 0.2) is 0 Å². The summed E-state index contributed by atoms with van der Waals surface area (Å²) in [4.78, 5) is 12.4. The number of esters is 1. The van der Waals surface area contributed by atoms with E-state index in [4.69, 9.17) is 4.74 Å². The van der Waals surface area contributed by atoms with Gasteiger partial charge in [0.25, 0.3) is 0 Å². The molecule has 5 atom stereocenters. The molecule has 18 heavy (non-hydrogen) atoms. The van der Waals surface area contributed by atoms with Crippen molar-refractivity contribution in [3.63, 3.8) is 0 Å². The first kappa shape index (κ1) is 12.5. The van der Waals surface area contributed by atoms with Gasteiger partial charge in [-0.15, -0.1) is 0 Å². The highest BCUT2D eigenvalue weighted by Gasteiger charge is 2.74. The highest BCUT2D eigenvalue weighted by atomic mass is 16.5. The van der Waals surface area contributed by atoms with Crippen molar-refractivity contribution in [1.82, 2.24) is 0 Å². The highest BCUT2D eigenvalue weighted by molar-refractivity contribution is 5.80. The zero-order chi connectivity index (χ0) is 13.0. The van der Waals surface area contributed by atoms with Gasteiger partial charge in [-0.05, 0) is 42.9 Å². The van der Waals surface area contributed by atoms with Gasteiger partial charge < -0.3 is 9.84 Å². The lowest BCUT2D eigenvalue weighted by molar-refractivity contribution is -0.270. The molecular formula is C15H24O3. The van der Waals surface area contributed by atoms with Crippen molar-refractivity contribution in [3.8, 4) is 0 Å². The monoisotopic (exact) mass is 252 g/mol. The first-order valence-electron chi connectivity index (χ1n) is 7.34. The number of carbonyl (C=O) groups excluding carboxylic acids is 1. The molecule has 0 aromatic heterocycles. The number of fused-ring (bicyclic) bond motifs is 4. The molecule has 0 heterocycles. The number of aliphatic hydroxyl groups is 1. The SMILES string of the molecule is COC(=O)[C@]12CCCC[C@H]1[C@@H]1[C@H](O)CCC[C@@]12C. The molecule has 0 aromatic rings. The first-order chi connectivity index (χ1) is 8.58. The summed E-state index contributed by atoms with van der Waals surface area (Å²) in [6.07, 6.45) is 7.20. The smallest absolute Gasteiger partial charge is 0.312 e. The van der Waals surface area contributed by atoms with Gasteiger partial charge in [0.05, 0.1) is 18.6 Å². The molecule has 102 valence electrons. The Morgan fingerprint density at radius 1 is 1.22 bits per heavy atom. The molecule has 3 rings (SSSR count). The van der Waals surface area contributed by atoms with E-state index in [2.05, 4.69) is 6.92 Å². The quantitative estimate of drug-likeness (QED) is 0.729. The Bertz CT molecular complexity index is 367. The van der Waals surface area contributed by atoms with Crippen molar-refractivity contribution in [2.45, 2.75) is 58.0 Å². The molecule has 3 heteroatoms. The van der Waals surface area contributed by atoms with Crippen LogP contribution in [0.4, 0.5) is 0 Å². The highest BCUT2D eigenvalue weighted by Crippen LogP contribution is 2.74. The van der Waals surface area contributed by atoms with E-state index in [1.807, 2.05) is 0 Å². The van der Waals surface area contributed by atoms with Crippen LogP contribution in [0.25, 0.3) is 0 Å². The fourth-order valence-corrected chi connectivity index (χ4v) is 5.65. The van der Waals surface area contributed by atoms with Crippen LogP contribution in [-0.4, -0.2) is 24.3 Å². The van der Waals surface area contributed by atoms with Crippen molar-refractivity contribution in [2.24, 2.45) is 22.7 Å². The second-order valence-electron chi connectivity index (χ2n) is 6.72. The Balaban J connectivity index is 2.01. The normalized spacial score (nSPS) is 50.7. The third-order valence-corrected chi connectivity index (χ3v) is 6.32. The Labute approximate surface area is 109 Å². The summed E-state index contributed by atoms with van der Waals surface area (Å²) in [6.45, 7) is 2.22. The lowest BCUT2D eigenvalue weighted by atomic mass is 9.32. The maximum Gasteiger partial charge on any atom is 0.312 e.